The molecule has 0 nitrogen and oxygen atoms in total. The molecule has 67 valence electrons. The van der Waals surface area contributed by atoms with Crippen LogP contribution in [0.4, 0.5) is 0 Å². The van der Waals surface area contributed by atoms with Gasteiger partial charge in [-0.05, 0) is 0 Å². The Bertz CT molecular complexity index is 245. The molecule has 13 heavy (non-hydrogen) atoms. The number of hydrogen-bond acceptors (Lipinski definition) is 0. The molecule has 0 aliphatic carbocycles. The van der Waals surface area contributed by atoms with E-state index in [4.69, 9.17) is 0 Å². The van der Waals surface area contributed by atoms with E-state index in [1.54, 1.807) is 0 Å². The van der Waals surface area contributed by atoms with Crippen LogP contribution >= 0.6 is 0 Å². The molecule has 0 unspecified atom stereocenters. The number of aryl methyl sites for hydroxylation is 2. The topological polar surface area (TPSA) is 0 Å². The molecule has 0 fully saturated rings. The van der Waals surface area contributed by atoms with E-state index in [1.165, 1.54) is 11.1 Å². The first-order valence-corrected chi connectivity index (χ1v) is 4.15. The van der Waals surface area contributed by atoms with Crippen LogP contribution in [0, 0.1) is 13.8 Å². The van der Waals surface area contributed by atoms with Crippen molar-refractivity contribution in [1.82, 2.24) is 0 Å². The Balaban J connectivity index is 0.000000206. The van der Waals surface area contributed by atoms with Crippen molar-refractivity contribution in [1.29, 1.82) is 0 Å². The van der Waals surface area contributed by atoms with Crippen LogP contribution in [0.3, 0.4) is 0 Å². The van der Waals surface area contributed by atoms with Crippen LogP contribution in [0.1, 0.15) is 11.1 Å². The van der Waals surface area contributed by atoms with Crippen molar-refractivity contribution in [2.75, 3.05) is 0 Å². The van der Waals surface area contributed by atoms with Gasteiger partial charge in [-0.1, -0.05) is 13.8 Å². The first-order chi connectivity index (χ1) is 5.79. The molecule has 0 aromatic heterocycles. The monoisotopic (exact) mass is 247 g/mol. The molecular formula is C12H14Y-2. The molecule has 2 aromatic rings. The molecule has 0 spiro atoms. The Morgan fingerprint density at radius 1 is 0.615 bits per heavy atom. The molecule has 0 aliphatic heterocycles. The quantitative estimate of drug-likeness (QED) is 0.626. The molecule has 0 N–H and O–H groups in total. The molecule has 0 heterocycles. The fourth-order valence-electron chi connectivity index (χ4n) is 0.940. The number of rotatable bonds is 0. The van der Waals surface area contributed by atoms with E-state index in [2.05, 4.69) is 38.1 Å². The van der Waals surface area contributed by atoms with Gasteiger partial charge in [-0.15, -0.1) is 0 Å². The minimum Gasteiger partial charge on any atom is -0.213 e. The van der Waals surface area contributed by atoms with Gasteiger partial charge in [0.05, 0.1) is 0 Å². The zero-order valence-electron chi connectivity index (χ0n) is 8.20. The Morgan fingerprint density at radius 2 is 0.846 bits per heavy atom. The Morgan fingerprint density at radius 3 is 0.923 bits per heavy atom. The Kier molecular flexibility index (Phi) is 7.12. The largest absolute Gasteiger partial charge is 0.213 e. The third-order valence-electron chi connectivity index (χ3n) is 1.66. The second-order valence-corrected chi connectivity index (χ2v) is 2.92. The third-order valence-corrected chi connectivity index (χ3v) is 1.66. The molecule has 0 bridgehead atoms. The normalized spacial score (nSPS) is 8.15. The summed E-state index contributed by atoms with van der Waals surface area (Å²) in [5, 5.41) is 0. The molecule has 1 heteroatoms. The predicted octanol–water partition coefficient (Wildman–Crippen LogP) is 3.43. The minimum absolute atomic E-state index is 0. The van der Waals surface area contributed by atoms with Gasteiger partial charge in [0.15, 0.2) is 0 Å². The average molecular weight is 247 g/mol. The SMILES string of the molecule is C[c-]1cccc1.C[c-]1cccc1.[Y]. The van der Waals surface area contributed by atoms with Crippen LogP contribution in [0.15, 0.2) is 48.5 Å². The summed E-state index contributed by atoms with van der Waals surface area (Å²) in [6.07, 6.45) is 0. The van der Waals surface area contributed by atoms with Crippen molar-refractivity contribution in [3.05, 3.63) is 59.7 Å². The van der Waals surface area contributed by atoms with E-state index in [0.717, 1.165) is 0 Å². The maximum atomic E-state index is 2.08. The third kappa shape index (κ3) is 5.95. The summed E-state index contributed by atoms with van der Waals surface area (Å²) in [6, 6.07) is 16.5. The van der Waals surface area contributed by atoms with Crippen molar-refractivity contribution >= 4 is 0 Å². The van der Waals surface area contributed by atoms with Crippen LogP contribution in [0.2, 0.25) is 0 Å². The van der Waals surface area contributed by atoms with E-state index >= 15 is 0 Å². The summed E-state index contributed by atoms with van der Waals surface area (Å²) in [4.78, 5) is 0. The number of hydrogen-bond donors (Lipinski definition) is 0. The van der Waals surface area contributed by atoms with E-state index in [0.29, 0.717) is 0 Å². The maximum Gasteiger partial charge on any atom is 0 e. The summed E-state index contributed by atoms with van der Waals surface area (Å²) in [5.41, 5.74) is 2.69. The molecule has 0 saturated heterocycles. The molecule has 2 aromatic carbocycles. The van der Waals surface area contributed by atoms with E-state index in [1.807, 2.05) is 24.3 Å². The van der Waals surface area contributed by atoms with Gasteiger partial charge in [-0.25, -0.2) is 24.3 Å². The molecule has 1 radical (unpaired) electrons. The van der Waals surface area contributed by atoms with Gasteiger partial charge in [0.25, 0.3) is 0 Å². The van der Waals surface area contributed by atoms with E-state index in [-0.39, 0.29) is 32.7 Å². The Hall–Kier alpha value is -0.196. The van der Waals surface area contributed by atoms with Gasteiger partial charge in [0.2, 0.25) is 0 Å². The van der Waals surface area contributed by atoms with Crippen molar-refractivity contribution in [2.24, 2.45) is 0 Å². The fourth-order valence-corrected chi connectivity index (χ4v) is 0.940. The Labute approximate surface area is 106 Å². The molecule has 0 atom stereocenters. The van der Waals surface area contributed by atoms with Crippen molar-refractivity contribution in [3.63, 3.8) is 0 Å². The van der Waals surface area contributed by atoms with Gasteiger partial charge in [-0.3, -0.25) is 0 Å². The van der Waals surface area contributed by atoms with Gasteiger partial charge >= 0.3 is 0 Å². The first-order valence-electron chi connectivity index (χ1n) is 4.15. The zero-order chi connectivity index (χ0) is 8.81. The summed E-state index contributed by atoms with van der Waals surface area (Å²) in [6.45, 7) is 4.17. The van der Waals surface area contributed by atoms with Crippen molar-refractivity contribution in [3.8, 4) is 0 Å². The standard InChI is InChI=1S/2C6H7.Y/c2*1-6-4-2-3-5-6;/h2*2-5H,1H3;/q2*-1;. The second-order valence-electron chi connectivity index (χ2n) is 2.92. The molecular weight excluding hydrogens is 233 g/mol. The fraction of sp³-hybridized carbons (Fsp3) is 0.167. The summed E-state index contributed by atoms with van der Waals surface area (Å²) < 4.78 is 0. The minimum atomic E-state index is 0. The van der Waals surface area contributed by atoms with Crippen LogP contribution in [0.5, 0.6) is 0 Å². The summed E-state index contributed by atoms with van der Waals surface area (Å²) in [7, 11) is 0. The summed E-state index contributed by atoms with van der Waals surface area (Å²) in [5.74, 6) is 0. The molecule has 2 rings (SSSR count). The van der Waals surface area contributed by atoms with Gasteiger partial charge < -0.3 is 0 Å². The molecule has 0 amide bonds. The molecule has 0 saturated carbocycles. The maximum absolute atomic E-state index is 2.08. The van der Waals surface area contributed by atoms with Crippen molar-refractivity contribution in [2.45, 2.75) is 13.8 Å². The van der Waals surface area contributed by atoms with E-state index in [9.17, 15) is 0 Å². The average Bonchev–Trinajstić information content (AvgIpc) is 2.63. The van der Waals surface area contributed by atoms with Gasteiger partial charge in [0, 0.05) is 32.7 Å². The zero-order valence-corrected chi connectivity index (χ0v) is 11.0. The van der Waals surface area contributed by atoms with Crippen LogP contribution in [-0.2, 0) is 32.7 Å². The van der Waals surface area contributed by atoms with Crippen LogP contribution in [-0.4, -0.2) is 0 Å². The predicted molar refractivity (Wildman–Crippen MR) is 53.5 cm³/mol. The first kappa shape index (κ1) is 12.8. The van der Waals surface area contributed by atoms with Crippen LogP contribution in [0.25, 0.3) is 0 Å². The van der Waals surface area contributed by atoms with Gasteiger partial charge in [0.1, 0.15) is 0 Å². The van der Waals surface area contributed by atoms with Crippen LogP contribution < -0.4 is 0 Å². The van der Waals surface area contributed by atoms with E-state index < -0.39 is 0 Å². The summed E-state index contributed by atoms with van der Waals surface area (Å²) >= 11 is 0. The smallest absolute Gasteiger partial charge is 0 e. The second kappa shape index (κ2) is 7.23. The molecule has 0 aliphatic rings. The van der Waals surface area contributed by atoms with Crippen molar-refractivity contribution < 1.29 is 32.7 Å². The van der Waals surface area contributed by atoms with Gasteiger partial charge in [-0.2, -0.15) is 35.4 Å².